The van der Waals surface area contributed by atoms with Crippen LogP contribution in [0.4, 0.5) is 11.4 Å². The minimum atomic E-state index is -1.81. The Kier molecular flexibility index (Phi) is 8.42. The summed E-state index contributed by atoms with van der Waals surface area (Å²) in [6.07, 6.45) is 7.04. The smallest absolute Gasteiger partial charge is 0.264 e. The minimum Gasteiger partial charge on any atom is -0.395 e. The normalized spacial score (nSPS) is 19.6. The van der Waals surface area contributed by atoms with E-state index in [1.54, 1.807) is 36.9 Å². The van der Waals surface area contributed by atoms with E-state index < -0.39 is 17.4 Å². The fourth-order valence-electron chi connectivity index (χ4n) is 6.05. The molecule has 2 amide bonds. The number of rotatable bonds is 10. The lowest BCUT2D eigenvalue weighted by Gasteiger charge is -2.28. The van der Waals surface area contributed by atoms with Crippen molar-refractivity contribution in [3.05, 3.63) is 120 Å². The third-order valence-corrected chi connectivity index (χ3v) is 8.67. The molecular formula is C35H36N6O4. The molecule has 2 N–H and O–H groups in total. The maximum absolute atomic E-state index is 13.5. The molecule has 3 heterocycles. The highest BCUT2D eigenvalue weighted by Crippen LogP contribution is 2.46. The first-order valence-electron chi connectivity index (χ1n) is 15.1. The molecule has 10 heteroatoms. The van der Waals surface area contributed by atoms with Gasteiger partial charge >= 0.3 is 0 Å². The average Bonchev–Trinajstić information content (AvgIpc) is 3.62. The third-order valence-electron chi connectivity index (χ3n) is 8.67. The Labute approximate surface area is 261 Å². The number of aryl methyl sites for hydroxylation is 1. The topological polar surface area (TPSA) is 124 Å². The molecule has 4 aromatic rings. The maximum atomic E-state index is 13.5. The second-order valence-electron chi connectivity index (χ2n) is 11.5. The molecule has 0 aliphatic carbocycles. The fourth-order valence-corrected chi connectivity index (χ4v) is 6.05. The summed E-state index contributed by atoms with van der Waals surface area (Å²) in [4.78, 5) is 27.9. The number of hydrogen-bond donors (Lipinski definition) is 2. The standard InChI is InChI=1S/C35H36N6O4/c1-24(11-9-10-20-40-22-31(36-38-40)28(23-42)25-12-5-3-6-13-25)35(45)29-21-27(16-18-32(29)39(2)34(35)44)41-33(43)19-17-30(37-41)26-14-7-4-8-15-26/h3-9,11-16,18,21-22,24,28,42,45H,10,17,19-20,23H2,1-2H3/b11-9+/t24-,28?,35+/m1/s1. The predicted octanol–water partition coefficient (Wildman–Crippen LogP) is 4.38. The first-order chi connectivity index (χ1) is 21.8. The van der Waals surface area contributed by atoms with E-state index in [4.69, 9.17) is 0 Å². The number of fused-ring (bicyclic) bond motifs is 1. The van der Waals surface area contributed by atoms with Crippen LogP contribution in [0.1, 0.15) is 54.5 Å². The Bertz CT molecular complexity index is 1750. The molecule has 10 nitrogen and oxygen atoms in total. The molecule has 2 aliphatic rings. The molecule has 0 fully saturated rings. The van der Waals surface area contributed by atoms with Crippen molar-refractivity contribution in [3.8, 4) is 0 Å². The number of nitrogens with zero attached hydrogens (tertiary/aromatic N) is 6. The summed E-state index contributed by atoms with van der Waals surface area (Å²) in [5.74, 6) is -1.39. The van der Waals surface area contributed by atoms with Crippen molar-refractivity contribution in [2.45, 2.75) is 44.2 Å². The van der Waals surface area contributed by atoms with Crippen LogP contribution in [0.5, 0.6) is 0 Å². The van der Waals surface area contributed by atoms with Crippen molar-refractivity contribution in [3.63, 3.8) is 0 Å². The summed E-state index contributed by atoms with van der Waals surface area (Å²) in [5, 5.41) is 36.4. The molecule has 45 heavy (non-hydrogen) atoms. The van der Waals surface area contributed by atoms with Crippen molar-refractivity contribution < 1.29 is 19.8 Å². The van der Waals surface area contributed by atoms with E-state index >= 15 is 0 Å². The minimum absolute atomic E-state index is 0.0726. The maximum Gasteiger partial charge on any atom is 0.264 e. The zero-order valence-electron chi connectivity index (χ0n) is 25.3. The molecule has 3 aromatic carbocycles. The van der Waals surface area contributed by atoms with Gasteiger partial charge in [0.2, 0.25) is 5.91 Å². The number of amides is 2. The molecule has 6 rings (SSSR count). The number of hydrogen-bond acceptors (Lipinski definition) is 7. The molecule has 3 atom stereocenters. The summed E-state index contributed by atoms with van der Waals surface area (Å²) in [5.41, 5.74) is 3.14. The van der Waals surface area contributed by atoms with Crippen LogP contribution in [-0.4, -0.2) is 56.4 Å². The van der Waals surface area contributed by atoms with Crippen LogP contribution in [0, 0.1) is 5.92 Å². The SMILES string of the molecule is C[C@H](/C=C/CCn1cc(C(CO)c2ccccc2)nn1)[C@@]1(O)C(=O)N(C)c2ccc(N3N=C(c4ccccc4)CCC3=O)cc21. The van der Waals surface area contributed by atoms with Gasteiger partial charge in [-0.25, -0.2) is 5.01 Å². The molecule has 0 saturated carbocycles. The van der Waals surface area contributed by atoms with Crippen molar-refractivity contribution in [2.75, 3.05) is 23.6 Å². The van der Waals surface area contributed by atoms with Crippen LogP contribution >= 0.6 is 0 Å². The highest BCUT2D eigenvalue weighted by atomic mass is 16.3. The van der Waals surface area contributed by atoms with Crippen molar-refractivity contribution in [1.29, 1.82) is 0 Å². The highest BCUT2D eigenvalue weighted by molar-refractivity contribution is 6.10. The zero-order chi connectivity index (χ0) is 31.6. The van der Waals surface area contributed by atoms with Gasteiger partial charge in [-0.15, -0.1) is 5.10 Å². The Morgan fingerprint density at radius 3 is 2.47 bits per heavy atom. The number of aromatic nitrogens is 3. The van der Waals surface area contributed by atoms with Crippen LogP contribution in [0.2, 0.25) is 0 Å². The highest BCUT2D eigenvalue weighted by Gasteiger charge is 2.51. The summed E-state index contributed by atoms with van der Waals surface area (Å²) in [6, 6.07) is 24.7. The van der Waals surface area contributed by atoms with Crippen LogP contribution in [0.3, 0.4) is 0 Å². The van der Waals surface area contributed by atoms with Gasteiger partial charge in [-0.1, -0.05) is 85.0 Å². The number of carbonyl (C=O) groups excluding carboxylic acids is 2. The van der Waals surface area contributed by atoms with Crippen molar-refractivity contribution in [2.24, 2.45) is 11.0 Å². The number of aliphatic hydroxyl groups excluding tert-OH is 1. The van der Waals surface area contributed by atoms with Gasteiger partial charge in [0.15, 0.2) is 5.60 Å². The lowest BCUT2D eigenvalue weighted by Crippen LogP contribution is -2.43. The van der Waals surface area contributed by atoms with Gasteiger partial charge in [-0.05, 0) is 35.7 Å². The van der Waals surface area contributed by atoms with Crippen LogP contribution in [-0.2, 0) is 21.7 Å². The molecule has 0 spiro atoms. The Morgan fingerprint density at radius 1 is 1.00 bits per heavy atom. The quantitative estimate of drug-likeness (QED) is 0.259. The second kappa shape index (κ2) is 12.6. The third kappa shape index (κ3) is 5.70. The number of likely N-dealkylation sites (N-methyl/N-ethyl adjacent to an activating group) is 1. The first-order valence-corrected chi connectivity index (χ1v) is 15.1. The summed E-state index contributed by atoms with van der Waals surface area (Å²) in [7, 11) is 1.64. The van der Waals surface area contributed by atoms with Gasteiger partial charge in [0.1, 0.15) is 0 Å². The second-order valence-corrected chi connectivity index (χ2v) is 11.5. The summed E-state index contributed by atoms with van der Waals surface area (Å²) < 4.78 is 1.72. The molecule has 0 bridgehead atoms. The number of carbonyl (C=O) groups is 2. The van der Waals surface area contributed by atoms with Gasteiger partial charge in [0.25, 0.3) is 5.91 Å². The van der Waals surface area contributed by atoms with E-state index in [0.29, 0.717) is 48.4 Å². The van der Waals surface area contributed by atoms with E-state index in [9.17, 15) is 19.8 Å². The molecule has 0 radical (unpaired) electrons. The molecule has 1 aromatic heterocycles. The molecule has 2 aliphatic heterocycles. The largest absolute Gasteiger partial charge is 0.395 e. The van der Waals surface area contributed by atoms with E-state index in [0.717, 1.165) is 16.8 Å². The summed E-state index contributed by atoms with van der Waals surface area (Å²) >= 11 is 0. The van der Waals surface area contributed by atoms with Crippen LogP contribution in [0.25, 0.3) is 0 Å². The van der Waals surface area contributed by atoms with Gasteiger partial charge < -0.3 is 15.1 Å². The van der Waals surface area contributed by atoms with E-state index in [1.165, 1.54) is 9.91 Å². The lowest BCUT2D eigenvalue weighted by molar-refractivity contribution is -0.139. The van der Waals surface area contributed by atoms with E-state index in [2.05, 4.69) is 15.4 Å². The van der Waals surface area contributed by atoms with Gasteiger partial charge in [-0.3, -0.25) is 14.3 Å². The monoisotopic (exact) mass is 604 g/mol. The number of anilines is 2. The number of allylic oxidation sites excluding steroid dienone is 1. The predicted molar refractivity (Wildman–Crippen MR) is 172 cm³/mol. The Morgan fingerprint density at radius 2 is 1.73 bits per heavy atom. The average molecular weight is 605 g/mol. The van der Waals surface area contributed by atoms with E-state index in [-0.39, 0.29) is 18.4 Å². The number of aliphatic hydroxyl groups is 2. The summed E-state index contributed by atoms with van der Waals surface area (Å²) in [6.45, 7) is 2.27. The Hall–Kier alpha value is -4.93. The van der Waals surface area contributed by atoms with Crippen LogP contribution < -0.4 is 9.91 Å². The zero-order valence-corrected chi connectivity index (χ0v) is 25.3. The number of hydrazone groups is 1. The van der Waals surface area contributed by atoms with Gasteiger partial charge in [0, 0.05) is 44.1 Å². The fraction of sp³-hybridized carbons (Fsp3) is 0.286. The Balaban J connectivity index is 1.18. The van der Waals surface area contributed by atoms with Crippen molar-refractivity contribution >= 4 is 28.9 Å². The molecule has 1 unspecified atom stereocenters. The number of benzene rings is 3. The molecule has 0 saturated heterocycles. The van der Waals surface area contributed by atoms with Gasteiger partial charge in [-0.2, -0.15) is 5.10 Å². The first kappa shape index (κ1) is 30.1. The molecular weight excluding hydrogens is 568 g/mol. The van der Waals surface area contributed by atoms with Crippen molar-refractivity contribution in [1.82, 2.24) is 15.0 Å². The lowest BCUT2D eigenvalue weighted by atomic mass is 9.82. The van der Waals surface area contributed by atoms with E-state index in [1.807, 2.05) is 79.0 Å². The van der Waals surface area contributed by atoms with Crippen LogP contribution in [0.15, 0.2) is 102 Å². The van der Waals surface area contributed by atoms with Gasteiger partial charge in [0.05, 0.1) is 35.3 Å². The molecule has 230 valence electrons.